The van der Waals surface area contributed by atoms with Crippen LogP contribution in [0.25, 0.3) is 0 Å². The van der Waals surface area contributed by atoms with Gasteiger partial charge >= 0.3 is 0 Å². The lowest BCUT2D eigenvalue weighted by atomic mass is 10.0. The number of hydrogen-bond donors (Lipinski definition) is 1. The molecule has 0 saturated carbocycles. The van der Waals surface area contributed by atoms with Crippen molar-refractivity contribution in [3.8, 4) is 0 Å². The molecule has 2 aromatic carbocycles. The first-order valence-electron chi connectivity index (χ1n) is 9.53. The maximum Gasteiger partial charge on any atom is 0.241 e. The van der Waals surface area contributed by atoms with Crippen molar-refractivity contribution < 1.29 is 14.0 Å². The lowest BCUT2D eigenvalue weighted by molar-refractivity contribution is -0.138. The first-order valence-corrected chi connectivity index (χ1v) is 9.53. The third kappa shape index (κ3) is 4.22. The van der Waals surface area contributed by atoms with Gasteiger partial charge in [0.1, 0.15) is 11.9 Å². The molecule has 1 N–H and O–H groups in total. The number of carbonyl (C=O) groups excluding carboxylic acids is 2. The normalized spacial score (nSPS) is 17.9. The number of likely N-dealkylation sites (N-methyl/N-ethyl adjacent to an activating group) is 2. The minimum atomic E-state index is -0.826. The van der Waals surface area contributed by atoms with Crippen molar-refractivity contribution in [3.05, 3.63) is 71.5 Å². The van der Waals surface area contributed by atoms with E-state index in [1.54, 1.807) is 30.1 Å². The fourth-order valence-electron chi connectivity index (χ4n) is 3.86. The SMILES string of the molecule is CNC(=O)C(c1ccccc1F)N1CCCC1C(=O)N(C)Cc1ccccc1. The summed E-state index contributed by atoms with van der Waals surface area (Å²) < 4.78 is 14.5. The molecule has 0 bridgehead atoms. The highest BCUT2D eigenvalue weighted by molar-refractivity contribution is 5.86. The van der Waals surface area contributed by atoms with Gasteiger partial charge in [-0.3, -0.25) is 14.5 Å². The zero-order chi connectivity index (χ0) is 20.1. The van der Waals surface area contributed by atoms with Gasteiger partial charge in [-0.25, -0.2) is 4.39 Å². The molecule has 2 atom stereocenters. The van der Waals surface area contributed by atoms with E-state index in [9.17, 15) is 14.0 Å². The van der Waals surface area contributed by atoms with Gasteiger partial charge in [0.15, 0.2) is 0 Å². The number of carbonyl (C=O) groups is 2. The highest BCUT2D eigenvalue weighted by atomic mass is 19.1. The number of halogens is 1. The predicted molar refractivity (Wildman–Crippen MR) is 106 cm³/mol. The highest BCUT2D eigenvalue weighted by Gasteiger charge is 2.41. The van der Waals surface area contributed by atoms with Gasteiger partial charge in [0, 0.05) is 32.7 Å². The fourth-order valence-corrected chi connectivity index (χ4v) is 3.86. The number of nitrogens with zero attached hydrogens (tertiary/aromatic N) is 2. The summed E-state index contributed by atoms with van der Waals surface area (Å²) in [5.74, 6) is -0.797. The molecule has 1 saturated heterocycles. The molecule has 2 aromatic rings. The van der Waals surface area contributed by atoms with Crippen LogP contribution in [0, 0.1) is 5.82 Å². The Bertz CT molecular complexity index is 828. The van der Waals surface area contributed by atoms with Crippen molar-refractivity contribution in [2.24, 2.45) is 0 Å². The molecule has 0 aliphatic carbocycles. The average molecular weight is 383 g/mol. The Morgan fingerprint density at radius 3 is 2.54 bits per heavy atom. The van der Waals surface area contributed by atoms with Crippen LogP contribution in [0.15, 0.2) is 54.6 Å². The molecule has 5 nitrogen and oxygen atoms in total. The van der Waals surface area contributed by atoms with Crippen molar-refractivity contribution >= 4 is 11.8 Å². The Morgan fingerprint density at radius 2 is 1.86 bits per heavy atom. The summed E-state index contributed by atoms with van der Waals surface area (Å²) in [7, 11) is 3.30. The van der Waals surface area contributed by atoms with Gasteiger partial charge in [-0.15, -0.1) is 0 Å². The maximum absolute atomic E-state index is 14.5. The molecule has 6 heteroatoms. The van der Waals surface area contributed by atoms with Crippen LogP contribution in [0.2, 0.25) is 0 Å². The van der Waals surface area contributed by atoms with E-state index in [1.165, 1.54) is 13.1 Å². The molecular weight excluding hydrogens is 357 g/mol. The topological polar surface area (TPSA) is 52.7 Å². The van der Waals surface area contributed by atoms with E-state index in [1.807, 2.05) is 35.2 Å². The highest BCUT2D eigenvalue weighted by Crippen LogP contribution is 2.32. The van der Waals surface area contributed by atoms with Crippen LogP contribution >= 0.6 is 0 Å². The molecule has 3 rings (SSSR count). The van der Waals surface area contributed by atoms with E-state index < -0.39 is 17.9 Å². The summed E-state index contributed by atoms with van der Waals surface area (Å²) in [5, 5.41) is 2.62. The number of amides is 2. The van der Waals surface area contributed by atoms with Gasteiger partial charge < -0.3 is 10.2 Å². The van der Waals surface area contributed by atoms with Crippen LogP contribution in [-0.2, 0) is 16.1 Å². The number of nitrogens with one attached hydrogen (secondary N) is 1. The predicted octanol–water partition coefficient (Wildman–Crippen LogP) is 2.74. The summed E-state index contributed by atoms with van der Waals surface area (Å²) in [5.41, 5.74) is 1.34. The fraction of sp³-hybridized carbons (Fsp3) is 0.364. The van der Waals surface area contributed by atoms with Gasteiger partial charge in [0.25, 0.3) is 0 Å². The van der Waals surface area contributed by atoms with Crippen LogP contribution in [0.3, 0.4) is 0 Å². The average Bonchev–Trinajstić information content (AvgIpc) is 3.18. The second kappa shape index (κ2) is 8.97. The van der Waals surface area contributed by atoms with Gasteiger partial charge in [-0.05, 0) is 24.5 Å². The Morgan fingerprint density at radius 1 is 1.18 bits per heavy atom. The van der Waals surface area contributed by atoms with E-state index in [0.29, 0.717) is 25.1 Å². The molecule has 28 heavy (non-hydrogen) atoms. The Balaban J connectivity index is 1.84. The number of hydrogen-bond acceptors (Lipinski definition) is 3. The van der Waals surface area contributed by atoms with Gasteiger partial charge in [0.05, 0.1) is 6.04 Å². The molecule has 2 unspecified atom stereocenters. The minimum Gasteiger partial charge on any atom is -0.358 e. The zero-order valence-electron chi connectivity index (χ0n) is 16.3. The largest absolute Gasteiger partial charge is 0.358 e. The van der Waals surface area contributed by atoms with E-state index in [2.05, 4.69) is 5.32 Å². The maximum atomic E-state index is 14.5. The summed E-state index contributed by atoms with van der Waals surface area (Å²) in [4.78, 5) is 29.3. The van der Waals surface area contributed by atoms with Crippen molar-refractivity contribution in [1.29, 1.82) is 0 Å². The first kappa shape index (κ1) is 20.0. The Kier molecular flexibility index (Phi) is 6.41. The van der Waals surface area contributed by atoms with Crippen molar-refractivity contribution in [3.63, 3.8) is 0 Å². The van der Waals surface area contributed by atoms with Crippen molar-refractivity contribution in [2.75, 3.05) is 20.6 Å². The quantitative estimate of drug-likeness (QED) is 0.835. The van der Waals surface area contributed by atoms with Crippen LogP contribution in [0.1, 0.15) is 30.0 Å². The second-order valence-corrected chi connectivity index (χ2v) is 7.11. The monoisotopic (exact) mass is 383 g/mol. The standard InChI is InChI=1S/C22H26FN3O2/c1-24-21(27)20(17-11-6-7-12-18(17)23)26-14-8-13-19(26)22(28)25(2)15-16-9-4-3-5-10-16/h3-7,9-12,19-20H,8,13-15H2,1-2H3,(H,24,27). The Hall–Kier alpha value is -2.73. The lowest BCUT2D eigenvalue weighted by Crippen LogP contribution is -2.48. The lowest BCUT2D eigenvalue weighted by Gasteiger charge is -2.33. The molecule has 1 aliphatic rings. The molecule has 0 spiro atoms. The number of benzene rings is 2. The molecule has 2 amide bonds. The second-order valence-electron chi connectivity index (χ2n) is 7.11. The molecule has 1 aliphatic heterocycles. The smallest absolute Gasteiger partial charge is 0.241 e. The van der Waals surface area contributed by atoms with Gasteiger partial charge in [0.2, 0.25) is 11.8 Å². The third-order valence-electron chi connectivity index (χ3n) is 5.24. The molecular formula is C22H26FN3O2. The summed E-state index contributed by atoms with van der Waals surface area (Å²) >= 11 is 0. The van der Waals surface area contributed by atoms with Crippen LogP contribution < -0.4 is 5.32 Å². The van der Waals surface area contributed by atoms with E-state index in [-0.39, 0.29) is 11.8 Å². The molecule has 0 radical (unpaired) electrons. The summed E-state index contributed by atoms with van der Waals surface area (Å²) in [6, 6.07) is 14.8. The minimum absolute atomic E-state index is 0.0494. The van der Waals surface area contributed by atoms with Crippen LogP contribution in [0.5, 0.6) is 0 Å². The third-order valence-corrected chi connectivity index (χ3v) is 5.24. The van der Waals surface area contributed by atoms with E-state index in [0.717, 1.165) is 12.0 Å². The van der Waals surface area contributed by atoms with Crippen molar-refractivity contribution in [1.82, 2.24) is 15.1 Å². The first-order chi connectivity index (χ1) is 13.5. The molecule has 148 valence electrons. The molecule has 1 heterocycles. The molecule has 0 aromatic heterocycles. The Labute approximate surface area is 165 Å². The van der Waals surface area contributed by atoms with E-state index >= 15 is 0 Å². The molecule has 1 fully saturated rings. The van der Waals surface area contributed by atoms with Crippen LogP contribution in [-0.4, -0.2) is 48.3 Å². The zero-order valence-corrected chi connectivity index (χ0v) is 16.3. The summed E-state index contributed by atoms with van der Waals surface area (Å²) in [6.45, 7) is 1.07. The van der Waals surface area contributed by atoms with Crippen molar-refractivity contribution in [2.45, 2.75) is 31.5 Å². The van der Waals surface area contributed by atoms with E-state index in [4.69, 9.17) is 0 Å². The van der Waals surface area contributed by atoms with Crippen LogP contribution in [0.4, 0.5) is 4.39 Å². The number of rotatable bonds is 6. The van der Waals surface area contributed by atoms with Gasteiger partial charge in [-0.1, -0.05) is 48.5 Å². The number of likely N-dealkylation sites (tertiary alicyclic amines) is 1. The van der Waals surface area contributed by atoms with Gasteiger partial charge in [-0.2, -0.15) is 0 Å². The summed E-state index contributed by atoms with van der Waals surface area (Å²) in [6.07, 6.45) is 1.44.